The quantitative estimate of drug-likeness (QED) is 0.828. The van der Waals surface area contributed by atoms with Gasteiger partial charge >= 0.3 is 0 Å². The number of hydrogen-bond donors (Lipinski definition) is 0. The minimum atomic E-state index is -3.51. The van der Waals surface area contributed by atoms with Crippen molar-refractivity contribution in [3.05, 3.63) is 29.3 Å². The Labute approximate surface area is 103 Å². The first-order valence-electron chi connectivity index (χ1n) is 5.57. The topological polar surface area (TPSA) is 51.2 Å². The molecule has 0 aliphatic heterocycles. The molecule has 0 unspecified atom stereocenters. The van der Waals surface area contributed by atoms with Crippen molar-refractivity contribution in [1.29, 1.82) is 0 Å². The number of aryl methyl sites for hydroxylation is 2. The molecule has 0 aromatic heterocycles. The number of sulfone groups is 1. The van der Waals surface area contributed by atoms with E-state index >= 15 is 0 Å². The highest BCUT2D eigenvalue weighted by Gasteiger charge is 2.22. The van der Waals surface area contributed by atoms with Crippen molar-refractivity contribution in [2.75, 3.05) is 5.75 Å². The number of benzene rings is 1. The average molecular weight is 254 g/mol. The summed E-state index contributed by atoms with van der Waals surface area (Å²) in [5.74, 6) is -0.907. The van der Waals surface area contributed by atoms with Crippen LogP contribution >= 0.6 is 0 Å². The molecule has 1 aromatic rings. The smallest absolute Gasteiger partial charge is 0.185 e. The molecule has 4 heteroatoms. The van der Waals surface area contributed by atoms with Crippen LogP contribution in [0.4, 0.5) is 0 Å². The zero-order valence-corrected chi connectivity index (χ0v) is 11.5. The van der Waals surface area contributed by atoms with Gasteiger partial charge in [-0.15, -0.1) is 0 Å². The van der Waals surface area contributed by atoms with Gasteiger partial charge in [-0.25, -0.2) is 8.42 Å². The van der Waals surface area contributed by atoms with Crippen LogP contribution < -0.4 is 0 Å². The van der Waals surface area contributed by atoms with Gasteiger partial charge in [-0.3, -0.25) is 4.79 Å². The Balaban J connectivity index is 3.14. The van der Waals surface area contributed by atoms with E-state index in [0.29, 0.717) is 5.56 Å². The lowest BCUT2D eigenvalue weighted by Crippen LogP contribution is -2.21. The number of hydrogen-bond acceptors (Lipinski definition) is 3. The van der Waals surface area contributed by atoms with Gasteiger partial charge in [-0.05, 0) is 31.0 Å². The molecule has 1 rings (SSSR count). The summed E-state index contributed by atoms with van der Waals surface area (Å²) >= 11 is 0. The van der Waals surface area contributed by atoms with Crippen molar-refractivity contribution in [1.82, 2.24) is 0 Å². The first-order valence-corrected chi connectivity index (χ1v) is 7.22. The second-order valence-corrected chi connectivity index (χ2v) is 6.61. The highest BCUT2D eigenvalue weighted by atomic mass is 32.2. The van der Waals surface area contributed by atoms with Gasteiger partial charge in [0, 0.05) is 5.92 Å². The van der Waals surface area contributed by atoms with Crippen molar-refractivity contribution >= 4 is 15.6 Å². The normalized spacial score (nSPS) is 11.8. The Hall–Kier alpha value is -1.16. The minimum absolute atomic E-state index is 0.245. The Morgan fingerprint density at radius 2 is 1.82 bits per heavy atom. The first-order chi connectivity index (χ1) is 7.74. The molecule has 17 heavy (non-hydrogen) atoms. The summed E-state index contributed by atoms with van der Waals surface area (Å²) in [6.07, 6.45) is 0. The molecule has 0 fully saturated rings. The van der Waals surface area contributed by atoms with Crippen molar-refractivity contribution < 1.29 is 13.2 Å². The predicted octanol–water partition coefficient (Wildman–Crippen LogP) is 2.30. The largest absolute Gasteiger partial charge is 0.298 e. The van der Waals surface area contributed by atoms with Crippen molar-refractivity contribution in [3.8, 4) is 0 Å². The third-order valence-electron chi connectivity index (χ3n) is 2.65. The molecule has 0 aliphatic rings. The van der Waals surface area contributed by atoms with E-state index in [-0.39, 0.29) is 16.6 Å². The van der Waals surface area contributed by atoms with Gasteiger partial charge in [0.05, 0.1) is 4.90 Å². The van der Waals surface area contributed by atoms with E-state index in [2.05, 4.69) is 0 Å². The summed E-state index contributed by atoms with van der Waals surface area (Å²) in [5.41, 5.74) is 1.57. The number of carbonyl (C=O) groups is 1. The molecular weight excluding hydrogens is 236 g/mol. The van der Waals surface area contributed by atoms with Gasteiger partial charge in [-0.2, -0.15) is 0 Å². The van der Waals surface area contributed by atoms with Gasteiger partial charge in [-0.1, -0.05) is 26.0 Å². The van der Waals surface area contributed by atoms with Crippen molar-refractivity contribution in [3.63, 3.8) is 0 Å². The van der Waals surface area contributed by atoms with Crippen LogP contribution in [0.3, 0.4) is 0 Å². The number of carbonyl (C=O) groups excluding carboxylic acids is 1. The molecule has 0 spiro atoms. The van der Waals surface area contributed by atoms with Gasteiger partial charge in [0.1, 0.15) is 5.75 Å². The molecule has 0 N–H and O–H groups in total. The SMILES string of the molecule is Cc1ccc(C)c(S(=O)(=O)CC(=O)C(C)C)c1. The monoisotopic (exact) mass is 254 g/mol. The van der Waals surface area contributed by atoms with E-state index in [1.165, 1.54) is 0 Å². The molecule has 3 nitrogen and oxygen atoms in total. The maximum Gasteiger partial charge on any atom is 0.185 e. The van der Waals surface area contributed by atoms with E-state index in [1.54, 1.807) is 32.9 Å². The number of Topliss-reactive ketones (excluding diaryl/α,β-unsaturated/α-hetero) is 1. The molecule has 0 aliphatic carbocycles. The fourth-order valence-electron chi connectivity index (χ4n) is 1.47. The maximum atomic E-state index is 12.1. The molecule has 0 saturated carbocycles. The van der Waals surface area contributed by atoms with Crippen molar-refractivity contribution in [2.45, 2.75) is 32.6 Å². The van der Waals surface area contributed by atoms with Crippen LogP contribution in [0, 0.1) is 19.8 Å². The van der Waals surface area contributed by atoms with Crippen LogP contribution in [0.15, 0.2) is 23.1 Å². The molecule has 94 valence electrons. The Bertz CT molecular complexity index is 528. The standard InChI is InChI=1S/C13H18O3S/c1-9(2)12(14)8-17(15,16)13-7-10(3)5-6-11(13)4/h5-7,9H,8H2,1-4H3. The molecule has 0 heterocycles. The Kier molecular flexibility index (Phi) is 4.09. The first kappa shape index (κ1) is 13.9. The number of rotatable bonds is 4. The highest BCUT2D eigenvalue weighted by molar-refractivity contribution is 7.92. The van der Waals surface area contributed by atoms with Crippen LogP contribution in [0.5, 0.6) is 0 Å². The Morgan fingerprint density at radius 1 is 1.24 bits per heavy atom. The van der Waals surface area contributed by atoms with E-state index in [9.17, 15) is 13.2 Å². The van der Waals surface area contributed by atoms with Crippen LogP contribution in [0.25, 0.3) is 0 Å². The second-order valence-electron chi connectivity index (χ2n) is 4.65. The third kappa shape index (κ3) is 3.40. The van der Waals surface area contributed by atoms with Crippen LogP contribution in [-0.2, 0) is 14.6 Å². The minimum Gasteiger partial charge on any atom is -0.298 e. The third-order valence-corrected chi connectivity index (χ3v) is 4.43. The molecule has 0 atom stereocenters. The summed E-state index contributed by atoms with van der Waals surface area (Å²) in [5, 5.41) is 0. The highest BCUT2D eigenvalue weighted by Crippen LogP contribution is 2.19. The van der Waals surface area contributed by atoms with E-state index < -0.39 is 15.6 Å². The van der Waals surface area contributed by atoms with Gasteiger partial charge in [0.25, 0.3) is 0 Å². The number of ketones is 1. The van der Waals surface area contributed by atoms with Crippen LogP contribution in [0.1, 0.15) is 25.0 Å². The summed E-state index contributed by atoms with van der Waals surface area (Å²) in [7, 11) is -3.51. The van der Waals surface area contributed by atoms with Gasteiger partial charge in [0.2, 0.25) is 0 Å². The average Bonchev–Trinajstić information content (AvgIpc) is 2.20. The van der Waals surface area contributed by atoms with E-state index in [4.69, 9.17) is 0 Å². The molecule has 0 amide bonds. The van der Waals surface area contributed by atoms with Crippen molar-refractivity contribution in [2.24, 2.45) is 5.92 Å². The summed E-state index contributed by atoms with van der Waals surface area (Å²) < 4.78 is 24.2. The van der Waals surface area contributed by atoms with Gasteiger partial charge in [0.15, 0.2) is 15.6 Å². The Morgan fingerprint density at radius 3 is 2.35 bits per heavy atom. The lowest BCUT2D eigenvalue weighted by Gasteiger charge is -2.09. The van der Waals surface area contributed by atoms with E-state index in [1.807, 2.05) is 13.0 Å². The van der Waals surface area contributed by atoms with E-state index in [0.717, 1.165) is 5.56 Å². The fraction of sp³-hybridized carbons (Fsp3) is 0.462. The lowest BCUT2D eigenvalue weighted by molar-refractivity contribution is -0.119. The predicted molar refractivity (Wildman–Crippen MR) is 67.8 cm³/mol. The van der Waals surface area contributed by atoms with Gasteiger partial charge < -0.3 is 0 Å². The summed E-state index contributed by atoms with van der Waals surface area (Å²) in [4.78, 5) is 11.8. The molecule has 1 aromatic carbocycles. The maximum absolute atomic E-state index is 12.1. The lowest BCUT2D eigenvalue weighted by atomic mass is 10.1. The van der Waals surface area contributed by atoms with Crippen LogP contribution in [0.2, 0.25) is 0 Å². The molecular formula is C13H18O3S. The molecule has 0 radical (unpaired) electrons. The summed E-state index contributed by atoms with van der Waals surface area (Å²) in [6.45, 7) is 7.00. The zero-order chi connectivity index (χ0) is 13.2. The fourth-order valence-corrected chi connectivity index (χ4v) is 3.26. The molecule has 0 saturated heterocycles. The molecule has 0 bridgehead atoms. The zero-order valence-electron chi connectivity index (χ0n) is 10.6. The summed E-state index contributed by atoms with van der Waals surface area (Å²) in [6, 6.07) is 5.25. The second kappa shape index (κ2) is 5.00. The van der Waals surface area contributed by atoms with Crippen LogP contribution in [-0.4, -0.2) is 20.0 Å².